The summed E-state index contributed by atoms with van der Waals surface area (Å²) in [5, 5.41) is 10.8. The van der Waals surface area contributed by atoms with Crippen LogP contribution in [0.5, 0.6) is 0 Å². The molecule has 0 spiro atoms. The molecule has 29 heavy (non-hydrogen) atoms. The molecule has 0 aliphatic rings. The van der Waals surface area contributed by atoms with E-state index in [9.17, 15) is 13.2 Å². The highest BCUT2D eigenvalue weighted by Crippen LogP contribution is 2.30. The number of aliphatic imine (C=N–C) groups is 1. The molecule has 0 unspecified atom stereocenters. The molecule has 2 aromatic heterocycles. The number of halogens is 3. The summed E-state index contributed by atoms with van der Waals surface area (Å²) in [7, 11) is 4.85. The van der Waals surface area contributed by atoms with Crippen LogP contribution in [0.25, 0.3) is 5.69 Å². The number of aromatic nitrogens is 4. The zero-order valence-electron chi connectivity index (χ0n) is 16.4. The quantitative estimate of drug-likeness (QED) is 0.524. The van der Waals surface area contributed by atoms with E-state index in [0.29, 0.717) is 12.5 Å². The number of benzene rings is 1. The van der Waals surface area contributed by atoms with E-state index in [-0.39, 0.29) is 12.1 Å². The Morgan fingerprint density at radius 2 is 1.93 bits per heavy atom. The van der Waals surface area contributed by atoms with E-state index >= 15 is 0 Å². The molecule has 3 rings (SSSR count). The topological polar surface area (TPSA) is 63.3 Å². The number of nitrogens with zero attached hydrogens (tertiary/aromatic N) is 6. The average Bonchev–Trinajstić information content (AvgIpc) is 3.29. The Hall–Kier alpha value is -3.30. The van der Waals surface area contributed by atoms with Gasteiger partial charge in [-0.2, -0.15) is 23.4 Å². The molecule has 0 radical (unpaired) electrons. The molecule has 0 atom stereocenters. The normalized spacial score (nSPS) is 12.3. The van der Waals surface area contributed by atoms with Crippen LogP contribution in [0, 0.1) is 0 Å². The molecule has 0 saturated heterocycles. The van der Waals surface area contributed by atoms with Gasteiger partial charge in [0.2, 0.25) is 0 Å². The van der Waals surface area contributed by atoms with Crippen LogP contribution in [0.3, 0.4) is 0 Å². The van der Waals surface area contributed by atoms with E-state index in [4.69, 9.17) is 0 Å². The van der Waals surface area contributed by atoms with Crippen molar-refractivity contribution in [2.75, 3.05) is 14.1 Å². The zero-order chi connectivity index (χ0) is 21.0. The van der Waals surface area contributed by atoms with E-state index in [1.54, 1.807) is 17.9 Å². The highest BCUT2D eigenvalue weighted by atomic mass is 19.4. The molecule has 0 amide bonds. The van der Waals surface area contributed by atoms with E-state index in [2.05, 4.69) is 20.5 Å². The molecule has 154 valence electrons. The van der Waals surface area contributed by atoms with Gasteiger partial charge < -0.3 is 10.2 Å². The Morgan fingerprint density at radius 1 is 1.21 bits per heavy atom. The van der Waals surface area contributed by atoms with Crippen molar-refractivity contribution in [3.8, 4) is 5.69 Å². The second kappa shape index (κ2) is 8.38. The van der Waals surface area contributed by atoms with E-state index in [0.717, 1.165) is 15.9 Å². The summed E-state index contributed by atoms with van der Waals surface area (Å²) in [6.45, 7) is 0.453. The van der Waals surface area contributed by atoms with Gasteiger partial charge in [-0.3, -0.25) is 9.67 Å². The zero-order valence-corrected chi connectivity index (χ0v) is 16.4. The molecule has 10 heteroatoms. The summed E-state index contributed by atoms with van der Waals surface area (Å²) < 4.78 is 42.2. The summed E-state index contributed by atoms with van der Waals surface area (Å²) >= 11 is 0. The third-order valence-electron chi connectivity index (χ3n) is 4.26. The predicted molar refractivity (Wildman–Crippen MR) is 103 cm³/mol. The van der Waals surface area contributed by atoms with E-state index < -0.39 is 11.9 Å². The molecule has 1 aromatic carbocycles. The lowest BCUT2D eigenvalue weighted by atomic mass is 10.2. The number of rotatable bonds is 5. The second-order valence-electron chi connectivity index (χ2n) is 6.56. The lowest BCUT2D eigenvalue weighted by Gasteiger charge is -2.21. The van der Waals surface area contributed by atoms with Crippen LogP contribution < -0.4 is 5.32 Å². The highest BCUT2D eigenvalue weighted by Gasteiger charge is 2.36. The third-order valence-corrected chi connectivity index (χ3v) is 4.26. The Kier molecular flexibility index (Phi) is 5.90. The molecular formula is C19H22F3N7. The summed E-state index contributed by atoms with van der Waals surface area (Å²) in [6.07, 6.45) is 0.508. The molecular weight excluding hydrogens is 383 g/mol. The number of hydrogen-bond donors (Lipinski definition) is 1. The minimum absolute atomic E-state index is 0.0387. The highest BCUT2D eigenvalue weighted by molar-refractivity contribution is 5.79. The van der Waals surface area contributed by atoms with Crippen molar-refractivity contribution in [2.45, 2.75) is 19.3 Å². The number of alkyl halides is 3. The maximum atomic E-state index is 13.1. The molecule has 0 saturated carbocycles. The van der Waals surface area contributed by atoms with Crippen LogP contribution >= 0.6 is 0 Å². The van der Waals surface area contributed by atoms with Crippen molar-refractivity contribution in [1.29, 1.82) is 0 Å². The van der Waals surface area contributed by atoms with Crippen LogP contribution in [0.4, 0.5) is 13.2 Å². The van der Waals surface area contributed by atoms with Gasteiger partial charge in [-0.25, -0.2) is 4.68 Å². The fourth-order valence-electron chi connectivity index (χ4n) is 2.98. The van der Waals surface area contributed by atoms with Crippen LogP contribution in [-0.4, -0.2) is 44.5 Å². The standard InChI is InChI=1S/C19H22F3N7/c1-23-18(24-10-15-13-28(3)26-17(15)19(20,21)22)27(2)11-14-9-25-29(12-14)16-7-5-4-6-8-16/h4-9,12-13H,10-11H2,1-3H3,(H,23,24). The van der Waals surface area contributed by atoms with Crippen molar-refractivity contribution >= 4 is 5.96 Å². The smallest absolute Gasteiger partial charge is 0.352 e. The van der Waals surface area contributed by atoms with Crippen molar-refractivity contribution in [3.63, 3.8) is 0 Å². The van der Waals surface area contributed by atoms with Crippen LogP contribution in [-0.2, 0) is 26.3 Å². The van der Waals surface area contributed by atoms with E-state index in [1.807, 2.05) is 48.5 Å². The van der Waals surface area contributed by atoms with Crippen LogP contribution in [0.1, 0.15) is 16.8 Å². The van der Waals surface area contributed by atoms with Gasteiger partial charge in [-0.15, -0.1) is 0 Å². The van der Waals surface area contributed by atoms with Gasteiger partial charge in [-0.05, 0) is 12.1 Å². The molecule has 2 heterocycles. The summed E-state index contributed by atoms with van der Waals surface area (Å²) in [5.74, 6) is 0.467. The first-order valence-corrected chi connectivity index (χ1v) is 8.88. The largest absolute Gasteiger partial charge is 0.435 e. The number of hydrogen-bond acceptors (Lipinski definition) is 3. The number of para-hydroxylation sites is 1. The van der Waals surface area contributed by atoms with Crippen molar-refractivity contribution in [2.24, 2.45) is 12.0 Å². The number of guanidine groups is 1. The fourth-order valence-corrected chi connectivity index (χ4v) is 2.98. The van der Waals surface area contributed by atoms with Crippen molar-refractivity contribution in [3.05, 3.63) is 65.7 Å². The molecule has 0 aliphatic heterocycles. The molecule has 0 fully saturated rings. The second-order valence-corrected chi connectivity index (χ2v) is 6.56. The Balaban J connectivity index is 1.65. The monoisotopic (exact) mass is 405 g/mol. The first-order valence-electron chi connectivity index (χ1n) is 8.88. The molecule has 1 N–H and O–H groups in total. The van der Waals surface area contributed by atoms with Gasteiger partial charge in [0.1, 0.15) is 0 Å². The maximum absolute atomic E-state index is 13.1. The first kappa shape index (κ1) is 20.4. The van der Waals surface area contributed by atoms with Crippen LogP contribution in [0.15, 0.2) is 53.9 Å². The van der Waals surface area contributed by atoms with Gasteiger partial charge in [0.05, 0.1) is 11.9 Å². The van der Waals surface area contributed by atoms with Gasteiger partial charge >= 0.3 is 6.18 Å². The first-order chi connectivity index (χ1) is 13.8. The number of aryl methyl sites for hydroxylation is 1. The average molecular weight is 405 g/mol. The van der Waals surface area contributed by atoms with E-state index in [1.165, 1.54) is 13.2 Å². The van der Waals surface area contributed by atoms with Gasteiger partial charge in [0.25, 0.3) is 0 Å². The minimum Gasteiger partial charge on any atom is -0.352 e. The minimum atomic E-state index is -4.50. The SMILES string of the molecule is CN=C(NCc1cn(C)nc1C(F)(F)F)N(C)Cc1cnn(-c2ccccc2)c1. The lowest BCUT2D eigenvalue weighted by molar-refractivity contribution is -0.142. The molecule has 0 bridgehead atoms. The summed E-state index contributed by atoms with van der Waals surface area (Å²) in [4.78, 5) is 5.97. The molecule has 7 nitrogen and oxygen atoms in total. The Bertz CT molecular complexity index is 973. The summed E-state index contributed by atoms with van der Waals surface area (Å²) in [5.41, 5.74) is 1.05. The predicted octanol–water partition coefficient (Wildman–Crippen LogP) is 2.83. The number of nitrogens with one attached hydrogen (secondary N) is 1. The van der Waals surface area contributed by atoms with Crippen molar-refractivity contribution in [1.82, 2.24) is 29.8 Å². The maximum Gasteiger partial charge on any atom is 0.435 e. The molecule has 0 aliphatic carbocycles. The van der Waals surface area contributed by atoms with Crippen molar-refractivity contribution < 1.29 is 13.2 Å². The van der Waals surface area contributed by atoms with Gasteiger partial charge in [0, 0.05) is 57.8 Å². The Labute approximate surface area is 166 Å². The fraction of sp³-hybridized carbons (Fsp3) is 0.316. The van der Waals surface area contributed by atoms with Crippen LogP contribution in [0.2, 0.25) is 0 Å². The summed E-state index contributed by atoms with van der Waals surface area (Å²) in [6, 6.07) is 9.70. The lowest BCUT2D eigenvalue weighted by Crippen LogP contribution is -2.38. The Morgan fingerprint density at radius 3 is 2.59 bits per heavy atom. The van der Waals surface area contributed by atoms with Gasteiger partial charge in [0.15, 0.2) is 11.7 Å². The molecule has 3 aromatic rings. The third kappa shape index (κ3) is 4.95. The van der Waals surface area contributed by atoms with Gasteiger partial charge in [-0.1, -0.05) is 18.2 Å².